The first-order valence-corrected chi connectivity index (χ1v) is 6.81. The normalized spacial score (nSPS) is 10.7. The number of nitrogens with two attached hydrogens (primary N) is 1. The van der Waals surface area contributed by atoms with Gasteiger partial charge in [0.15, 0.2) is 0 Å². The van der Waals surface area contributed by atoms with Crippen molar-refractivity contribution in [1.82, 2.24) is 9.97 Å². The van der Waals surface area contributed by atoms with Crippen molar-refractivity contribution in [3.05, 3.63) is 6.07 Å². The van der Waals surface area contributed by atoms with Gasteiger partial charge in [-0.25, -0.2) is 0 Å². The summed E-state index contributed by atoms with van der Waals surface area (Å²) in [5.74, 6) is 2.34. The second-order valence-electron chi connectivity index (χ2n) is 4.78. The molecule has 0 amide bonds. The van der Waals surface area contributed by atoms with Crippen LogP contribution < -0.4 is 16.4 Å². The minimum Gasteiger partial charge on any atom is -0.381 e. The van der Waals surface area contributed by atoms with Crippen molar-refractivity contribution < 1.29 is 4.74 Å². The maximum absolute atomic E-state index is 5.65. The van der Waals surface area contributed by atoms with Gasteiger partial charge >= 0.3 is 0 Å². The van der Waals surface area contributed by atoms with Crippen molar-refractivity contribution in [3.63, 3.8) is 0 Å². The van der Waals surface area contributed by atoms with Crippen LogP contribution in [-0.4, -0.2) is 36.3 Å². The molecule has 0 aliphatic rings. The van der Waals surface area contributed by atoms with Gasteiger partial charge in [-0.3, -0.25) is 0 Å². The van der Waals surface area contributed by atoms with E-state index in [-0.39, 0.29) is 5.95 Å². The summed E-state index contributed by atoms with van der Waals surface area (Å²) in [4.78, 5) is 8.23. The largest absolute Gasteiger partial charge is 0.381 e. The van der Waals surface area contributed by atoms with Gasteiger partial charge in [-0.05, 0) is 19.3 Å². The monoisotopic (exact) mass is 267 g/mol. The molecule has 108 valence electrons. The Morgan fingerprint density at radius 1 is 1.26 bits per heavy atom. The molecule has 0 saturated heterocycles. The van der Waals surface area contributed by atoms with Gasteiger partial charge in [0.25, 0.3) is 0 Å². The summed E-state index contributed by atoms with van der Waals surface area (Å²) in [6.45, 7) is 9.47. The number of rotatable bonds is 9. The molecule has 6 heteroatoms. The molecule has 1 heterocycles. The summed E-state index contributed by atoms with van der Waals surface area (Å²) in [7, 11) is 0. The van der Waals surface area contributed by atoms with E-state index in [2.05, 4.69) is 34.4 Å². The molecule has 0 aliphatic heterocycles. The Hall–Kier alpha value is -1.56. The molecule has 1 rings (SSSR count). The van der Waals surface area contributed by atoms with E-state index in [0.29, 0.717) is 5.92 Å². The number of hydrogen-bond donors (Lipinski definition) is 3. The van der Waals surface area contributed by atoms with Crippen LogP contribution in [0.2, 0.25) is 0 Å². The molecule has 19 heavy (non-hydrogen) atoms. The molecule has 0 bridgehead atoms. The molecule has 0 saturated carbocycles. The quantitative estimate of drug-likeness (QED) is 0.593. The smallest absolute Gasteiger partial charge is 0.223 e. The summed E-state index contributed by atoms with van der Waals surface area (Å²) in [6, 6.07) is 1.86. The van der Waals surface area contributed by atoms with Gasteiger partial charge in [0.05, 0.1) is 0 Å². The van der Waals surface area contributed by atoms with Gasteiger partial charge in [-0.2, -0.15) is 9.97 Å². The summed E-state index contributed by atoms with van der Waals surface area (Å²) >= 11 is 0. The molecule has 0 atom stereocenters. The molecular weight excluding hydrogens is 242 g/mol. The lowest BCUT2D eigenvalue weighted by Crippen LogP contribution is -2.11. The lowest BCUT2D eigenvalue weighted by Gasteiger charge is -2.10. The van der Waals surface area contributed by atoms with E-state index in [9.17, 15) is 0 Å². The number of hydrogen-bond acceptors (Lipinski definition) is 6. The Morgan fingerprint density at radius 2 is 1.95 bits per heavy atom. The molecule has 1 aromatic rings. The number of nitrogens with zero attached hydrogens (tertiary/aromatic N) is 2. The maximum atomic E-state index is 5.65. The van der Waals surface area contributed by atoms with Crippen LogP contribution in [0, 0.1) is 5.92 Å². The lowest BCUT2D eigenvalue weighted by molar-refractivity contribution is 0.110. The Balaban J connectivity index is 2.28. The van der Waals surface area contributed by atoms with E-state index in [4.69, 9.17) is 10.5 Å². The van der Waals surface area contributed by atoms with Crippen LogP contribution in [0.1, 0.15) is 27.2 Å². The molecular formula is C13H25N5O. The highest BCUT2D eigenvalue weighted by molar-refractivity contribution is 5.50. The summed E-state index contributed by atoms with van der Waals surface area (Å²) in [5, 5.41) is 6.34. The predicted octanol–water partition coefficient (Wildman–Crippen LogP) is 1.97. The SMILES string of the molecule is CCNc1cc(NCCCOCC(C)C)nc(N)n1. The third-order valence-corrected chi connectivity index (χ3v) is 2.32. The zero-order valence-electron chi connectivity index (χ0n) is 12.1. The highest BCUT2D eigenvalue weighted by Gasteiger charge is 2.01. The Kier molecular flexibility index (Phi) is 6.95. The van der Waals surface area contributed by atoms with E-state index >= 15 is 0 Å². The molecule has 0 radical (unpaired) electrons. The van der Waals surface area contributed by atoms with Crippen LogP contribution in [-0.2, 0) is 4.74 Å². The molecule has 0 aliphatic carbocycles. The van der Waals surface area contributed by atoms with Crippen LogP contribution in [0.5, 0.6) is 0 Å². The van der Waals surface area contributed by atoms with Gasteiger partial charge in [-0.15, -0.1) is 0 Å². The van der Waals surface area contributed by atoms with Crippen LogP contribution in [0.15, 0.2) is 6.07 Å². The first-order chi connectivity index (χ1) is 9.11. The molecule has 0 aromatic carbocycles. The highest BCUT2D eigenvalue weighted by Crippen LogP contribution is 2.12. The Bertz CT molecular complexity index is 370. The first-order valence-electron chi connectivity index (χ1n) is 6.81. The zero-order chi connectivity index (χ0) is 14.1. The van der Waals surface area contributed by atoms with E-state index < -0.39 is 0 Å². The van der Waals surface area contributed by atoms with Crippen LogP contribution >= 0.6 is 0 Å². The third-order valence-electron chi connectivity index (χ3n) is 2.32. The second-order valence-corrected chi connectivity index (χ2v) is 4.78. The minimum absolute atomic E-state index is 0.275. The maximum Gasteiger partial charge on any atom is 0.223 e. The fourth-order valence-corrected chi connectivity index (χ4v) is 1.54. The number of aromatic nitrogens is 2. The lowest BCUT2D eigenvalue weighted by atomic mass is 10.2. The number of anilines is 3. The van der Waals surface area contributed by atoms with Crippen molar-refractivity contribution in [2.45, 2.75) is 27.2 Å². The standard InChI is InChI=1S/C13H25N5O/c1-4-15-11-8-12(18-13(14)17-11)16-6-5-7-19-9-10(2)3/h8,10H,4-7,9H2,1-3H3,(H4,14,15,16,17,18). The van der Waals surface area contributed by atoms with Gasteiger partial charge in [-0.1, -0.05) is 13.8 Å². The van der Waals surface area contributed by atoms with Crippen molar-refractivity contribution in [1.29, 1.82) is 0 Å². The van der Waals surface area contributed by atoms with Gasteiger partial charge in [0.1, 0.15) is 11.6 Å². The molecule has 1 aromatic heterocycles. The molecule has 0 unspecified atom stereocenters. The van der Waals surface area contributed by atoms with Crippen molar-refractivity contribution in [2.75, 3.05) is 42.7 Å². The van der Waals surface area contributed by atoms with Gasteiger partial charge < -0.3 is 21.1 Å². The van der Waals surface area contributed by atoms with Crippen LogP contribution in [0.3, 0.4) is 0 Å². The van der Waals surface area contributed by atoms with Crippen molar-refractivity contribution in [3.8, 4) is 0 Å². The van der Waals surface area contributed by atoms with Crippen molar-refractivity contribution >= 4 is 17.6 Å². The van der Waals surface area contributed by atoms with E-state index in [1.165, 1.54) is 0 Å². The molecule has 4 N–H and O–H groups in total. The average molecular weight is 267 g/mol. The third kappa shape index (κ3) is 6.81. The zero-order valence-corrected chi connectivity index (χ0v) is 12.1. The molecule has 0 spiro atoms. The minimum atomic E-state index is 0.275. The van der Waals surface area contributed by atoms with Gasteiger partial charge in [0.2, 0.25) is 5.95 Å². The van der Waals surface area contributed by atoms with E-state index in [1.807, 2.05) is 13.0 Å². The number of nitrogen functional groups attached to an aromatic ring is 1. The predicted molar refractivity (Wildman–Crippen MR) is 79.4 cm³/mol. The van der Waals surface area contributed by atoms with E-state index in [1.54, 1.807) is 0 Å². The summed E-state index contributed by atoms with van der Waals surface area (Å²) in [6.07, 6.45) is 0.938. The summed E-state index contributed by atoms with van der Waals surface area (Å²) in [5.41, 5.74) is 5.65. The molecule has 6 nitrogen and oxygen atoms in total. The Morgan fingerprint density at radius 3 is 2.58 bits per heavy atom. The highest BCUT2D eigenvalue weighted by atomic mass is 16.5. The second kappa shape index (κ2) is 8.53. The topological polar surface area (TPSA) is 85.1 Å². The van der Waals surface area contributed by atoms with Crippen LogP contribution in [0.25, 0.3) is 0 Å². The number of nitrogens with one attached hydrogen (secondary N) is 2. The first kappa shape index (κ1) is 15.5. The van der Waals surface area contributed by atoms with Crippen molar-refractivity contribution in [2.24, 2.45) is 5.92 Å². The fraction of sp³-hybridized carbons (Fsp3) is 0.692. The van der Waals surface area contributed by atoms with Crippen LogP contribution in [0.4, 0.5) is 17.6 Å². The fourth-order valence-electron chi connectivity index (χ4n) is 1.54. The summed E-state index contributed by atoms with van der Waals surface area (Å²) < 4.78 is 5.51. The average Bonchev–Trinajstić information content (AvgIpc) is 2.33. The van der Waals surface area contributed by atoms with Gasteiger partial charge in [0, 0.05) is 32.4 Å². The Labute approximate surface area is 115 Å². The number of ether oxygens (including phenoxy) is 1. The molecule has 0 fully saturated rings. The van der Waals surface area contributed by atoms with E-state index in [0.717, 1.165) is 44.4 Å².